The van der Waals surface area contributed by atoms with Crippen molar-refractivity contribution in [2.75, 3.05) is 7.05 Å². The van der Waals surface area contributed by atoms with Gasteiger partial charge in [0.25, 0.3) is 0 Å². The van der Waals surface area contributed by atoms with Crippen LogP contribution in [0.2, 0.25) is 0 Å². The Bertz CT molecular complexity index is 484. The number of nitrogens with one attached hydrogen (secondary N) is 1. The van der Waals surface area contributed by atoms with E-state index >= 15 is 0 Å². The normalized spacial score (nSPS) is 12.6. The Hall–Kier alpha value is -0.710. The van der Waals surface area contributed by atoms with E-state index in [2.05, 4.69) is 32.7 Å². The second-order valence-electron chi connectivity index (χ2n) is 3.79. The van der Waals surface area contributed by atoms with Gasteiger partial charge in [0, 0.05) is 21.8 Å². The molecule has 17 heavy (non-hydrogen) atoms. The summed E-state index contributed by atoms with van der Waals surface area (Å²) in [5.74, 6) is -0.199. The number of likely N-dealkylation sites (N-methyl/N-ethyl adjacent to an activating group) is 1. The fourth-order valence-electron chi connectivity index (χ4n) is 1.78. The lowest BCUT2D eigenvalue weighted by molar-refractivity contribution is 0.578. The SMILES string of the molecule is CNC(Cc1cccs1)c1cc(F)ccc1Br. The highest BCUT2D eigenvalue weighted by Crippen LogP contribution is 2.27. The lowest BCUT2D eigenvalue weighted by atomic mass is 10.0. The molecular weight excluding hydrogens is 301 g/mol. The van der Waals surface area contributed by atoms with Crippen molar-refractivity contribution in [1.29, 1.82) is 0 Å². The molecule has 0 saturated heterocycles. The zero-order chi connectivity index (χ0) is 12.3. The molecule has 4 heteroatoms. The molecule has 0 aliphatic heterocycles. The quantitative estimate of drug-likeness (QED) is 0.894. The Morgan fingerprint density at radius 2 is 2.24 bits per heavy atom. The van der Waals surface area contributed by atoms with Gasteiger partial charge >= 0.3 is 0 Å². The van der Waals surface area contributed by atoms with E-state index in [0.29, 0.717) is 0 Å². The van der Waals surface area contributed by atoms with Gasteiger partial charge in [0.05, 0.1) is 0 Å². The van der Waals surface area contributed by atoms with Crippen LogP contribution < -0.4 is 5.32 Å². The van der Waals surface area contributed by atoms with E-state index in [-0.39, 0.29) is 11.9 Å². The van der Waals surface area contributed by atoms with Crippen molar-refractivity contribution < 1.29 is 4.39 Å². The van der Waals surface area contributed by atoms with E-state index in [1.807, 2.05) is 13.1 Å². The topological polar surface area (TPSA) is 12.0 Å². The lowest BCUT2D eigenvalue weighted by Crippen LogP contribution is -2.19. The van der Waals surface area contributed by atoms with Gasteiger partial charge in [0.2, 0.25) is 0 Å². The van der Waals surface area contributed by atoms with E-state index < -0.39 is 0 Å². The summed E-state index contributed by atoms with van der Waals surface area (Å²) in [4.78, 5) is 1.29. The number of hydrogen-bond donors (Lipinski definition) is 1. The summed E-state index contributed by atoms with van der Waals surface area (Å²) in [6.45, 7) is 0. The fraction of sp³-hybridized carbons (Fsp3) is 0.231. The molecule has 0 fully saturated rings. The van der Waals surface area contributed by atoms with Crippen LogP contribution in [0.5, 0.6) is 0 Å². The third-order valence-corrected chi connectivity index (χ3v) is 4.29. The largest absolute Gasteiger partial charge is 0.313 e. The molecule has 90 valence electrons. The van der Waals surface area contributed by atoms with E-state index in [9.17, 15) is 4.39 Å². The van der Waals surface area contributed by atoms with Crippen LogP contribution in [0.25, 0.3) is 0 Å². The Morgan fingerprint density at radius 3 is 2.88 bits per heavy atom. The number of hydrogen-bond acceptors (Lipinski definition) is 2. The van der Waals surface area contributed by atoms with Crippen molar-refractivity contribution in [1.82, 2.24) is 5.32 Å². The molecule has 2 aromatic rings. The van der Waals surface area contributed by atoms with Gasteiger partial charge in [-0.25, -0.2) is 4.39 Å². The number of halogens is 2. The van der Waals surface area contributed by atoms with Crippen molar-refractivity contribution >= 4 is 27.3 Å². The predicted molar refractivity (Wildman–Crippen MR) is 73.9 cm³/mol. The van der Waals surface area contributed by atoms with Gasteiger partial charge in [-0.3, -0.25) is 0 Å². The van der Waals surface area contributed by atoms with Crippen LogP contribution in [-0.4, -0.2) is 7.05 Å². The lowest BCUT2D eigenvalue weighted by Gasteiger charge is -2.17. The van der Waals surface area contributed by atoms with Crippen molar-refractivity contribution in [3.63, 3.8) is 0 Å². The van der Waals surface area contributed by atoms with Crippen LogP contribution >= 0.6 is 27.3 Å². The molecule has 1 heterocycles. The zero-order valence-electron chi connectivity index (χ0n) is 9.41. The zero-order valence-corrected chi connectivity index (χ0v) is 11.8. The second-order valence-corrected chi connectivity index (χ2v) is 5.68. The summed E-state index contributed by atoms with van der Waals surface area (Å²) in [6.07, 6.45) is 0.871. The van der Waals surface area contributed by atoms with Crippen molar-refractivity contribution in [3.8, 4) is 0 Å². The maximum absolute atomic E-state index is 13.3. The van der Waals surface area contributed by atoms with Gasteiger partial charge in [-0.05, 0) is 42.3 Å². The fourth-order valence-corrected chi connectivity index (χ4v) is 3.05. The first-order valence-electron chi connectivity index (χ1n) is 5.35. The molecule has 0 saturated carbocycles. The van der Waals surface area contributed by atoms with Crippen LogP contribution in [-0.2, 0) is 6.42 Å². The monoisotopic (exact) mass is 313 g/mol. The molecule has 2 rings (SSSR count). The van der Waals surface area contributed by atoms with Crippen molar-refractivity contribution in [2.45, 2.75) is 12.5 Å². The highest BCUT2D eigenvalue weighted by atomic mass is 79.9. The van der Waals surface area contributed by atoms with Crippen LogP contribution in [0.15, 0.2) is 40.2 Å². The maximum atomic E-state index is 13.3. The van der Waals surface area contributed by atoms with Gasteiger partial charge in [0.1, 0.15) is 5.82 Å². The number of thiophene rings is 1. The Balaban J connectivity index is 2.25. The molecule has 1 aromatic carbocycles. The van der Waals surface area contributed by atoms with Crippen LogP contribution in [0, 0.1) is 5.82 Å². The van der Waals surface area contributed by atoms with E-state index in [1.54, 1.807) is 23.5 Å². The highest BCUT2D eigenvalue weighted by molar-refractivity contribution is 9.10. The Labute approximate surface area is 113 Å². The molecular formula is C13H13BrFNS. The molecule has 0 amide bonds. The van der Waals surface area contributed by atoms with Gasteiger partial charge in [-0.2, -0.15) is 0 Å². The Morgan fingerprint density at radius 1 is 1.41 bits per heavy atom. The van der Waals surface area contributed by atoms with Gasteiger partial charge < -0.3 is 5.32 Å². The van der Waals surface area contributed by atoms with Crippen molar-refractivity contribution in [2.24, 2.45) is 0 Å². The molecule has 1 N–H and O–H groups in total. The van der Waals surface area contributed by atoms with Crippen LogP contribution in [0.3, 0.4) is 0 Å². The summed E-state index contributed by atoms with van der Waals surface area (Å²) < 4.78 is 14.2. The molecule has 1 atom stereocenters. The average Bonchev–Trinajstić information content (AvgIpc) is 2.82. The van der Waals surface area contributed by atoms with Gasteiger partial charge in [-0.1, -0.05) is 22.0 Å². The molecule has 1 nitrogen and oxygen atoms in total. The first-order chi connectivity index (χ1) is 8.20. The molecule has 0 spiro atoms. The minimum atomic E-state index is -0.199. The first-order valence-corrected chi connectivity index (χ1v) is 7.02. The third-order valence-electron chi connectivity index (χ3n) is 2.67. The van der Waals surface area contributed by atoms with E-state index in [4.69, 9.17) is 0 Å². The Kier molecular flexibility index (Phi) is 4.31. The summed E-state index contributed by atoms with van der Waals surface area (Å²) in [7, 11) is 1.90. The smallest absolute Gasteiger partial charge is 0.123 e. The minimum Gasteiger partial charge on any atom is -0.313 e. The summed E-state index contributed by atoms with van der Waals surface area (Å²) in [5, 5.41) is 5.29. The predicted octanol–water partition coefficient (Wildman–Crippen LogP) is 4.15. The van der Waals surface area contributed by atoms with Crippen LogP contribution in [0.1, 0.15) is 16.5 Å². The molecule has 0 aliphatic carbocycles. The average molecular weight is 314 g/mol. The van der Waals surface area contributed by atoms with Crippen LogP contribution in [0.4, 0.5) is 4.39 Å². The van der Waals surface area contributed by atoms with E-state index in [1.165, 1.54) is 10.9 Å². The molecule has 1 unspecified atom stereocenters. The standard InChI is InChI=1S/C13H13BrFNS/c1-16-13(8-10-3-2-6-17-10)11-7-9(15)4-5-12(11)14/h2-7,13,16H,8H2,1H3. The second kappa shape index (κ2) is 5.76. The first kappa shape index (κ1) is 12.7. The van der Waals surface area contributed by atoms with E-state index in [0.717, 1.165) is 16.5 Å². The van der Waals surface area contributed by atoms with Gasteiger partial charge in [-0.15, -0.1) is 11.3 Å². The summed E-state index contributed by atoms with van der Waals surface area (Å²) in [5.41, 5.74) is 0.959. The molecule has 1 aromatic heterocycles. The molecule has 0 radical (unpaired) electrons. The third kappa shape index (κ3) is 3.15. The minimum absolute atomic E-state index is 0.124. The molecule has 0 bridgehead atoms. The summed E-state index contributed by atoms with van der Waals surface area (Å²) >= 11 is 5.19. The summed E-state index contributed by atoms with van der Waals surface area (Å²) in [6, 6.07) is 9.06. The highest BCUT2D eigenvalue weighted by Gasteiger charge is 2.14. The number of benzene rings is 1. The number of rotatable bonds is 4. The van der Waals surface area contributed by atoms with Gasteiger partial charge in [0.15, 0.2) is 0 Å². The van der Waals surface area contributed by atoms with Crippen molar-refractivity contribution in [3.05, 3.63) is 56.4 Å². The molecule has 0 aliphatic rings. The maximum Gasteiger partial charge on any atom is 0.123 e.